The van der Waals surface area contributed by atoms with Crippen molar-refractivity contribution in [3.63, 3.8) is 0 Å². The third-order valence-electron chi connectivity index (χ3n) is 8.69. The Bertz CT molecular complexity index is 1910. The van der Waals surface area contributed by atoms with E-state index in [0.717, 1.165) is 12.8 Å². The van der Waals surface area contributed by atoms with Gasteiger partial charge in [-0.25, -0.2) is 0 Å². The molecule has 0 unspecified atom stereocenters. The van der Waals surface area contributed by atoms with E-state index >= 15 is 0 Å². The molecule has 0 aliphatic heterocycles. The molecule has 0 fully saturated rings. The van der Waals surface area contributed by atoms with E-state index < -0.39 is 0 Å². The van der Waals surface area contributed by atoms with Crippen LogP contribution in [0.4, 0.5) is 0 Å². The molecule has 4 aromatic carbocycles. The van der Waals surface area contributed by atoms with Gasteiger partial charge in [-0.05, 0) is 104 Å². The van der Waals surface area contributed by atoms with Crippen LogP contribution in [0.1, 0.15) is 73.5 Å². The van der Waals surface area contributed by atoms with Gasteiger partial charge in [0.1, 0.15) is 0 Å². The lowest BCUT2D eigenvalue weighted by Gasteiger charge is -2.10. The summed E-state index contributed by atoms with van der Waals surface area (Å²) in [5, 5.41) is 2.82. The Morgan fingerprint density at radius 3 is 1.26 bits per heavy atom. The van der Waals surface area contributed by atoms with Gasteiger partial charge in [-0.1, -0.05) is 108 Å². The molecule has 0 saturated heterocycles. The fraction of sp³-hybridized carbons (Fsp3) is 0.171. The van der Waals surface area contributed by atoms with Crippen molar-refractivity contribution in [2.45, 2.75) is 47.0 Å². The Labute approximate surface area is 263 Å². The molecule has 0 N–H and O–H groups in total. The lowest BCUT2D eigenvalue weighted by Crippen LogP contribution is -1.89. The van der Waals surface area contributed by atoms with Gasteiger partial charge in [0.15, 0.2) is 0 Å². The van der Waals surface area contributed by atoms with Crippen molar-refractivity contribution in [2.75, 3.05) is 0 Å². The topological polar surface area (TPSA) is 0 Å². The maximum absolute atomic E-state index is 2.37. The van der Waals surface area contributed by atoms with Gasteiger partial charge >= 0.3 is 0 Å². The Morgan fingerprint density at radius 2 is 0.837 bits per heavy atom. The first-order chi connectivity index (χ1) is 20.9. The van der Waals surface area contributed by atoms with Crippen molar-refractivity contribution < 1.29 is 0 Å². The molecule has 0 atom stereocenters. The van der Waals surface area contributed by atoms with Crippen molar-refractivity contribution in [1.29, 1.82) is 0 Å². The van der Waals surface area contributed by atoms with Gasteiger partial charge in [-0.2, -0.15) is 0 Å². The van der Waals surface area contributed by atoms with E-state index in [-0.39, 0.29) is 0 Å². The Balaban J connectivity index is 1.23. The third-order valence-corrected chi connectivity index (χ3v) is 10.8. The molecule has 0 bridgehead atoms. The minimum absolute atomic E-state index is 1.16. The van der Waals surface area contributed by atoms with Crippen LogP contribution in [0.5, 0.6) is 0 Å². The maximum atomic E-state index is 2.37. The Kier molecular flexibility index (Phi) is 7.51. The van der Waals surface area contributed by atoms with Gasteiger partial charge in [0.05, 0.1) is 0 Å². The predicted octanol–water partition coefficient (Wildman–Crippen LogP) is 12.8. The zero-order valence-corrected chi connectivity index (χ0v) is 27.0. The molecule has 0 nitrogen and oxygen atoms in total. The van der Waals surface area contributed by atoms with Crippen LogP contribution in [-0.4, -0.2) is 0 Å². The molecule has 0 spiro atoms. The summed E-state index contributed by atoms with van der Waals surface area (Å²) in [6, 6.07) is 31.5. The number of allylic oxidation sites excluding steroid dienone is 2. The molecular formula is C41H36S2. The lowest BCUT2D eigenvalue weighted by atomic mass is 9.93. The van der Waals surface area contributed by atoms with Gasteiger partial charge in [0, 0.05) is 29.9 Å². The highest BCUT2D eigenvalue weighted by Crippen LogP contribution is 2.49. The quantitative estimate of drug-likeness (QED) is 0.169. The largest absolute Gasteiger partial charge is 0.140 e. The van der Waals surface area contributed by atoms with Crippen LogP contribution < -0.4 is 0 Å². The standard InChI is InChI=1S/C41H36S2/c1-26-8-12-30(13-9-26)16-18-32-20-22-36-38(24-32)42-28(3)40(36)34-6-5-7-35(34)41-29(4)43-39-25-33(21-23-37(39)41)19-17-31-14-10-27(2)11-15-31/h8-25H,5-7H2,1-4H3/b18-16+,19-17+. The average Bonchev–Trinajstić information content (AvgIpc) is 3.69. The Morgan fingerprint density at radius 1 is 0.465 bits per heavy atom. The smallest absolute Gasteiger partial charge is 0.0357 e. The predicted molar refractivity (Wildman–Crippen MR) is 194 cm³/mol. The summed E-state index contributed by atoms with van der Waals surface area (Å²) in [6.45, 7) is 8.90. The summed E-state index contributed by atoms with van der Waals surface area (Å²) in [5.41, 5.74) is 13.7. The summed E-state index contributed by atoms with van der Waals surface area (Å²) in [6.07, 6.45) is 12.5. The first-order valence-corrected chi connectivity index (χ1v) is 16.8. The second kappa shape index (κ2) is 11.6. The Hall–Kier alpha value is -3.98. The van der Waals surface area contributed by atoms with E-state index in [2.05, 4.69) is 137 Å². The molecule has 2 heteroatoms. The number of rotatable bonds is 6. The minimum atomic E-state index is 1.16. The normalized spacial score (nSPS) is 14.0. The monoisotopic (exact) mass is 592 g/mol. The van der Waals surface area contributed by atoms with Crippen LogP contribution in [0.15, 0.2) is 84.9 Å². The summed E-state index contributed by atoms with van der Waals surface area (Å²) >= 11 is 3.89. The third kappa shape index (κ3) is 5.58. The summed E-state index contributed by atoms with van der Waals surface area (Å²) in [4.78, 5) is 2.87. The molecule has 2 aromatic heterocycles. The SMILES string of the molecule is Cc1ccc(/C=C/c2ccc3c(C4=C(c5c(C)sc6cc(/C=C/c7ccc(C)cc7)ccc56)CCC4)c(C)sc3c2)cc1. The summed E-state index contributed by atoms with van der Waals surface area (Å²) < 4.78 is 2.77. The fourth-order valence-electron chi connectivity index (χ4n) is 6.46. The zero-order chi connectivity index (χ0) is 29.5. The molecule has 0 saturated carbocycles. The molecule has 1 aliphatic carbocycles. The van der Waals surface area contributed by atoms with Crippen LogP contribution >= 0.6 is 22.7 Å². The second-order valence-corrected chi connectivity index (χ2v) is 14.4. The number of hydrogen-bond donors (Lipinski definition) is 0. The van der Waals surface area contributed by atoms with Crippen LogP contribution in [0, 0.1) is 27.7 Å². The van der Waals surface area contributed by atoms with E-state index in [1.54, 1.807) is 11.1 Å². The molecule has 1 aliphatic rings. The number of thiophene rings is 2. The highest BCUT2D eigenvalue weighted by atomic mass is 32.1. The summed E-state index contributed by atoms with van der Waals surface area (Å²) in [7, 11) is 0. The van der Waals surface area contributed by atoms with Gasteiger partial charge < -0.3 is 0 Å². The zero-order valence-electron chi connectivity index (χ0n) is 25.3. The van der Waals surface area contributed by atoms with Crippen LogP contribution in [0.2, 0.25) is 0 Å². The van der Waals surface area contributed by atoms with Crippen molar-refractivity contribution in [2.24, 2.45) is 0 Å². The molecular weight excluding hydrogens is 557 g/mol. The van der Waals surface area contributed by atoms with E-state index in [0.29, 0.717) is 0 Å². The first-order valence-electron chi connectivity index (χ1n) is 15.2. The van der Waals surface area contributed by atoms with Gasteiger partial charge in [-0.3, -0.25) is 0 Å². The fourth-order valence-corrected chi connectivity index (χ4v) is 8.74. The lowest BCUT2D eigenvalue weighted by molar-refractivity contribution is 0.942. The molecule has 2 heterocycles. The number of benzene rings is 4. The molecule has 0 amide bonds. The van der Waals surface area contributed by atoms with Crippen molar-refractivity contribution in [3.05, 3.63) is 139 Å². The van der Waals surface area contributed by atoms with Crippen LogP contribution in [-0.2, 0) is 0 Å². The number of aryl methyl sites for hydroxylation is 4. The average molecular weight is 593 g/mol. The first kappa shape index (κ1) is 27.8. The molecule has 0 radical (unpaired) electrons. The van der Waals surface area contributed by atoms with Crippen LogP contribution in [0.25, 0.3) is 55.6 Å². The molecule has 6 aromatic rings. The van der Waals surface area contributed by atoms with Crippen molar-refractivity contribution >= 4 is 78.3 Å². The van der Waals surface area contributed by atoms with Crippen LogP contribution in [0.3, 0.4) is 0 Å². The maximum Gasteiger partial charge on any atom is 0.0357 e. The van der Waals surface area contributed by atoms with Gasteiger partial charge in [-0.15, -0.1) is 22.7 Å². The second-order valence-electron chi connectivity index (χ2n) is 11.9. The minimum Gasteiger partial charge on any atom is -0.140 e. The van der Waals surface area contributed by atoms with Crippen molar-refractivity contribution in [1.82, 2.24) is 0 Å². The van der Waals surface area contributed by atoms with Gasteiger partial charge in [0.25, 0.3) is 0 Å². The highest BCUT2D eigenvalue weighted by molar-refractivity contribution is 7.19. The molecule has 43 heavy (non-hydrogen) atoms. The van der Waals surface area contributed by atoms with E-state index in [9.17, 15) is 0 Å². The van der Waals surface area contributed by atoms with E-state index in [1.165, 1.54) is 80.9 Å². The number of hydrogen-bond acceptors (Lipinski definition) is 2. The van der Waals surface area contributed by atoms with Crippen molar-refractivity contribution in [3.8, 4) is 0 Å². The number of fused-ring (bicyclic) bond motifs is 2. The highest BCUT2D eigenvalue weighted by Gasteiger charge is 2.25. The van der Waals surface area contributed by atoms with E-state index in [4.69, 9.17) is 0 Å². The molecule has 7 rings (SSSR count). The van der Waals surface area contributed by atoms with Gasteiger partial charge in [0.2, 0.25) is 0 Å². The molecule has 212 valence electrons. The van der Waals surface area contributed by atoms with E-state index in [1.807, 2.05) is 22.7 Å². The summed E-state index contributed by atoms with van der Waals surface area (Å²) in [5.74, 6) is 0.